The van der Waals surface area contributed by atoms with Crippen molar-refractivity contribution in [1.82, 2.24) is 10.0 Å². The van der Waals surface area contributed by atoms with Crippen LogP contribution in [0.5, 0.6) is 0 Å². The predicted octanol–water partition coefficient (Wildman–Crippen LogP) is 0.0437. The Morgan fingerprint density at radius 1 is 1.29 bits per heavy atom. The number of hydrogen-bond donors (Lipinski definition) is 2. The largest absolute Gasteiger partial charge is 0.312 e. The van der Waals surface area contributed by atoms with Crippen molar-refractivity contribution in [3.8, 4) is 0 Å². The van der Waals surface area contributed by atoms with Crippen LogP contribution in [0, 0.1) is 0 Å². The van der Waals surface area contributed by atoms with Crippen LogP contribution in [0.4, 0.5) is 0 Å². The molecule has 8 heteroatoms. The summed E-state index contributed by atoms with van der Waals surface area (Å²) in [7, 11) is -6.95. The Hall–Kier alpha value is -0.960. The maximum absolute atomic E-state index is 12.5. The fraction of sp³-hybridized carbons (Fsp3) is 0.538. The molecule has 1 heterocycles. The zero-order valence-electron chi connectivity index (χ0n) is 12.1. The smallest absolute Gasteiger partial charge is 0.241 e. The van der Waals surface area contributed by atoms with Gasteiger partial charge in [-0.15, -0.1) is 0 Å². The summed E-state index contributed by atoms with van der Waals surface area (Å²) in [5.41, 5.74) is 1.79. The summed E-state index contributed by atoms with van der Waals surface area (Å²) < 4.78 is 49.9. The Kier molecular flexibility index (Phi) is 4.72. The molecule has 0 bridgehead atoms. The van der Waals surface area contributed by atoms with E-state index in [1.807, 2.05) is 6.07 Å². The van der Waals surface area contributed by atoms with E-state index in [4.69, 9.17) is 0 Å². The number of hydrogen-bond acceptors (Lipinski definition) is 5. The van der Waals surface area contributed by atoms with Crippen LogP contribution in [0.1, 0.15) is 18.1 Å². The van der Waals surface area contributed by atoms with Crippen molar-refractivity contribution in [2.45, 2.75) is 30.8 Å². The van der Waals surface area contributed by atoms with Crippen molar-refractivity contribution in [2.75, 3.05) is 18.6 Å². The number of benzene rings is 1. The van der Waals surface area contributed by atoms with E-state index in [1.165, 1.54) is 0 Å². The molecule has 0 amide bonds. The lowest BCUT2D eigenvalue weighted by atomic mass is 10.0. The highest BCUT2D eigenvalue weighted by Gasteiger charge is 2.24. The molecule has 118 valence electrons. The Labute approximate surface area is 125 Å². The highest BCUT2D eigenvalue weighted by atomic mass is 32.2. The van der Waals surface area contributed by atoms with E-state index in [0.29, 0.717) is 13.0 Å². The zero-order chi connectivity index (χ0) is 15.7. The lowest BCUT2D eigenvalue weighted by molar-refractivity contribution is 0.560. The van der Waals surface area contributed by atoms with Gasteiger partial charge in [0.05, 0.1) is 10.6 Å². The summed E-state index contributed by atoms with van der Waals surface area (Å²) in [6, 6.07) is 4.52. The van der Waals surface area contributed by atoms with E-state index in [2.05, 4.69) is 10.0 Å². The SMILES string of the molecule is CC(CS(C)(=O)=O)NS(=O)(=O)c1cccc2c1CCNC2. The first-order chi connectivity index (χ1) is 9.69. The van der Waals surface area contributed by atoms with Gasteiger partial charge in [0.1, 0.15) is 9.84 Å². The average molecular weight is 332 g/mol. The van der Waals surface area contributed by atoms with Crippen molar-refractivity contribution in [1.29, 1.82) is 0 Å². The number of nitrogens with one attached hydrogen (secondary N) is 2. The average Bonchev–Trinajstić information content (AvgIpc) is 2.35. The van der Waals surface area contributed by atoms with Gasteiger partial charge in [-0.25, -0.2) is 21.6 Å². The number of rotatable bonds is 5. The third kappa shape index (κ3) is 4.26. The first-order valence-electron chi connectivity index (χ1n) is 6.70. The second-order valence-electron chi connectivity index (χ2n) is 5.44. The van der Waals surface area contributed by atoms with Crippen LogP contribution in [-0.2, 0) is 32.8 Å². The number of sulfonamides is 1. The Morgan fingerprint density at radius 3 is 2.67 bits per heavy atom. The topological polar surface area (TPSA) is 92.3 Å². The molecule has 2 rings (SSSR count). The summed E-state index contributed by atoms with van der Waals surface area (Å²) in [4.78, 5) is 0.252. The van der Waals surface area contributed by atoms with Crippen LogP contribution in [0.25, 0.3) is 0 Å². The first kappa shape index (κ1) is 16.4. The van der Waals surface area contributed by atoms with Gasteiger partial charge in [0, 0.05) is 18.8 Å². The molecule has 21 heavy (non-hydrogen) atoms. The van der Waals surface area contributed by atoms with Crippen molar-refractivity contribution in [3.05, 3.63) is 29.3 Å². The minimum absolute atomic E-state index is 0.219. The fourth-order valence-corrected chi connectivity index (χ4v) is 5.22. The molecule has 1 aliphatic rings. The third-order valence-corrected chi connectivity index (χ3v) is 6.08. The lowest BCUT2D eigenvalue weighted by Crippen LogP contribution is -2.38. The van der Waals surface area contributed by atoms with Gasteiger partial charge in [0.25, 0.3) is 0 Å². The van der Waals surface area contributed by atoms with Crippen LogP contribution in [-0.4, -0.2) is 41.4 Å². The highest BCUT2D eigenvalue weighted by molar-refractivity contribution is 7.91. The maximum Gasteiger partial charge on any atom is 0.241 e. The molecule has 1 atom stereocenters. The predicted molar refractivity (Wildman–Crippen MR) is 81.3 cm³/mol. The normalized spacial score (nSPS) is 17.2. The monoisotopic (exact) mass is 332 g/mol. The van der Waals surface area contributed by atoms with Crippen LogP contribution in [0.15, 0.2) is 23.1 Å². The van der Waals surface area contributed by atoms with Crippen LogP contribution in [0.3, 0.4) is 0 Å². The van der Waals surface area contributed by atoms with Crippen molar-refractivity contribution in [3.63, 3.8) is 0 Å². The number of sulfone groups is 1. The van der Waals surface area contributed by atoms with E-state index >= 15 is 0 Å². The van der Waals surface area contributed by atoms with Gasteiger partial charge in [-0.1, -0.05) is 12.1 Å². The molecule has 0 saturated heterocycles. The lowest BCUT2D eigenvalue weighted by Gasteiger charge is -2.21. The molecule has 0 aromatic heterocycles. The number of fused-ring (bicyclic) bond motifs is 1. The van der Waals surface area contributed by atoms with Crippen molar-refractivity contribution < 1.29 is 16.8 Å². The molecule has 0 fully saturated rings. The van der Waals surface area contributed by atoms with Crippen LogP contribution >= 0.6 is 0 Å². The molecule has 0 aliphatic carbocycles. The summed E-state index contributed by atoms with van der Waals surface area (Å²) in [5, 5.41) is 3.20. The third-order valence-electron chi connectivity index (χ3n) is 3.30. The Balaban J connectivity index is 2.28. The summed E-state index contributed by atoms with van der Waals surface area (Å²) in [6.45, 7) is 2.94. The van der Waals surface area contributed by atoms with E-state index in [0.717, 1.165) is 23.9 Å². The van der Waals surface area contributed by atoms with Gasteiger partial charge in [-0.3, -0.25) is 0 Å². The fourth-order valence-electron chi connectivity index (χ4n) is 2.57. The quantitative estimate of drug-likeness (QED) is 0.794. The second kappa shape index (κ2) is 6.04. The Morgan fingerprint density at radius 2 is 2.00 bits per heavy atom. The zero-order valence-corrected chi connectivity index (χ0v) is 13.7. The molecule has 2 N–H and O–H groups in total. The molecule has 0 saturated carbocycles. The van der Waals surface area contributed by atoms with Gasteiger partial charge in [-0.05, 0) is 37.1 Å². The molecular formula is C13H20N2O4S2. The van der Waals surface area contributed by atoms with Crippen molar-refractivity contribution in [2.24, 2.45) is 0 Å². The summed E-state index contributed by atoms with van der Waals surface area (Å²) in [6.07, 6.45) is 1.74. The van der Waals surface area contributed by atoms with E-state index in [1.54, 1.807) is 19.1 Å². The molecule has 1 aromatic rings. The Bertz CT molecular complexity index is 727. The van der Waals surface area contributed by atoms with Gasteiger partial charge in [0.2, 0.25) is 10.0 Å². The maximum atomic E-state index is 12.5. The van der Waals surface area contributed by atoms with E-state index in [-0.39, 0.29) is 10.6 Å². The van der Waals surface area contributed by atoms with Crippen molar-refractivity contribution >= 4 is 19.9 Å². The molecule has 1 aromatic carbocycles. The molecule has 0 radical (unpaired) electrons. The minimum atomic E-state index is -3.72. The minimum Gasteiger partial charge on any atom is -0.312 e. The summed E-state index contributed by atoms with van der Waals surface area (Å²) >= 11 is 0. The standard InChI is InChI=1S/C13H20N2O4S2/c1-10(9-20(2,16)17)15-21(18,19)13-5-3-4-11-8-14-7-6-12(11)13/h3-5,10,14-15H,6-9H2,1-2H3. The molecule has 1 aliphatic heterocycles. The van der Waals surface area contributed by atoms with E-state index in [9.17, 15) is 16.8 Å². The van der Waals surface area contributed by atoms with Gasteiger partial charge in [-0.2, -0.15) is 0 Å². The van der Waals surface area contributed by atoms with Gasteiger partial charge < -0.3 is 5.32 Å². The molecule has 1 unspecified atom stereocenters. The highest BCUT2D eigenvalue weighted by Crippen LogP contribution is 2.22. The molecule has 0 spiro atoms. The first-order valence-corrected chi connectivity index (χ1v) is 10.2. The molecule has 6 nitrogen and oxygen atoms in total. The van der Waals surface area contributed by atoms with Crippen LogP contribution < -0.4 is 10.0 Å². The summed E-state index contributed by atoms with van der Waals surface area (Å²) in [5.74, 6) is -0.219. The van der Waals surface area contributed by atoms with E-state index < -0.39 is 25.9 Å². The second-order valence-corrected chi connectivity index (χ2v) is 9.30. The van der Waals surface area contributed by atoms with Gasteiger partial charge >= 0.3 is 0 Å². The molecular weight excluding hydrogens is 312 g/mol. The van der Waals surface area contributed by atoms with Gasteiger partial charge in [0.15, 0.2) is 0 Å². The van der Waals surface area contributed by atoms with Crippen LogP contribution in [0.2, 0.25) is 0 Å².